The van der Waals surface area contributed by atoms with Gasteiger partial charge in [-0.2, -0.15) is 0 Å². The van der Waals surface area contributed by atoms with Gasteiger partial charge in [-0.25, -0.2) is 0 Å². The maximum absolute atomic E-state index is 5.38. The van der Waals surface area contributed by atoms with Crippen LogP contribution in [0.2, 0.25) is 0 Å². The molecule has 0 saturated heterocycles. The quantitative estimate of drug-likeness (QED) is 0.419. The normalized spacial score (nSPS) is 23.7. The second-order valence-electron chi connectivity index (χ2n) is 1.65. The van der Waals surface area contributed by atoms with Gasteiger partial charge in [-0.3, -0.25) is 9.98 Å². The van der Waals surface area contributed by atoms with Crippen LogP contribution in [0, 0.1) is 6.92 Å². The minimum atomic E-state index is -0.667. The van der Waals surface area contributed by atoms with E-state index in [4.69, 9.17) is 6.92 Å². The molecule has 2 heteroatoms. The lowest BCUT2D eigenvalue weighted by Gasteiger charge is -2.05. The lowest BCUT2D eigenvalue weighted by molar-refractivity contribution is 0.637. The van der Waals surface area contributed by atoms with E-state index >= 15 is 0 Å². The smallest absolute Gasteiger partial charge is 0.151 e. The predicted molar refractivity (Wildman–Crippen MR) is 29.7 cm³/mol. The van der Waals surface area contributed by atoms with Crippen molar-refractivity contribution in [2.24, 2.45) is 9.98 Å². The maximum Gasteiger partial charge on any atom is 0.151 e. The Bertz CT molecular complexity index is 108. The summed E-state index contributed by atoms with van der Waals surface area (Å²) in [6, 6.07) is 0. The highest BCUT2D eigenvalue weighted by Crippen LogP contribution is 2.10. The van der Waals surface area contributed by atoms with Crippen molar-refractivity contribution >= 4 is 12.4 Å². The first-order valence-electron chi connectivity index (χ1n) is 2.09. The van der Waals surface area contributed by atoms with E-state index in [0.29, 0.717) is 0 Å². The molecule has 0 atom stereocenters. The first-order chi connectivity index (χ1) is 3.21. The van der Waals surface area contributed by atoms with Gasteiger partial charge in [0.05, 0.1) is 0 Å². The van der Waals surface area contributed by atoms with Gasteiger partial charge in [-0.15, -0.1) is 0 Å². The van der Waals surface area contributed by atoms with Crippen LogP contribution in [0.1, 0.15) is 6.92 Å². The monoisotopic (exact) mass is 94.1 g/mol. The predicted octanol–water partition coefficient (Wildman–Crippen LogP) is 0.569. The van der Waals surface area contributed by atoms with Gasteiger partial charge in [-0.1, -0.05) is 0 Å². The molecule has 0 spiro atoms. The second kappa shape index (κ2) is 1.15. The van der Waals surface area contributed by atoms with Crippen LogP contribution in [0.25, 0.3) is 0 Å². The molecule has 1 aliphatic rings. The fourth-order valence-electron chi connectivity index (χ4n) is 0.402. The summed E-state index contributed by atoms with van der Waals surface area (Å²) >= 11 is 0. The van der Waals surface area contributed by atoms with E-state index in [0.717, 1.165) is 0 Å². The zero-order chi connectivity index (χ0) is 5.33. The summed E-state index contributed by atoms with van der Waals surface area (Å²) in [5, 5.41) is 0. The third-order valence-corrected chi connectivity index (χ3v) is 0.738. The van der Waals surface area contributed by atoms with Crippen LogP contribution in [0.5, 0.6) is 0 Å². The highest BCUT2D eigenvalue weighted by atomic mass is 15.1. The third-order valence-electron chi connectivity index (χ3n) is 0.738. The van der Waals surface area contributed by atoms with Crippen LogP contribution >= 0.6 is 0 Å². The van der Waals surface area contributed by atoms with Crippen molar-refractivity contribution in [1.29, 1.82) is 0 Å². The van der Waals surface area contributed by atoms with Gasteiger partial charge in [0.2, 0.25) is 0 Å². The fraction of sp³-hybridized carbons (Fsp3) is 0.400. The minimum absolute atomic E-state index is 0.667. The van der Waals surface area contributed by atoms with Gasteiger partial charge in [0, 0.05) is 19.4 Å². The molecule has 1 heterocycles. The third kappa shape index (κ3) is 0.856. The Morgan fingerprint density at radius 3 is 2.00 bits per heavy atom. The summed E-state index contributed by atoms with van der Waals surface area (Å²) in [7, 11) is 0. The van der Waals surface area contributed by atoms with Crippen LogP contribution in [-0.2, 0) is 0 Å². The molecule has 1 aliphatic heterocycles. The summed E-state index contributed by atoms with van der Waals surface area (Å²) in [4.78, 5) is 7.60. The molecular formula is C5H6N2. The number of aliphatic imine (C=N–C) groups is 2. The molecular weight excluding hydrogens is 88.1 g/mol. The molecule has 0 aromatic carbocycles. The summed E-state index contributed by atoms with van der Waals surface area (Å²) in [6.07, 6.45) is 3.19. The van der Waals surface area contributed by atoms with Crippen LogP contribution in [-0.4, -0.2) is 18.1 Å². The van der Waals surface area contributed by atoms with Crippen LogP contribution in [0.3, 0.4) is 0 Å². The van der Waals surface area contributed by atoms with Crippen LogP contribution in [0.4, 0.5) is 0 Å². The lowest BCUT2D eigenvalue weighted by atomic mass is 10.3. The maximum atomic E-state index is 5.38. The Labute approximate surface area is 43.0 Å². The van der Waals surface area contributed by atoms with E-state index < -0.39 is 5.66 Å². The summed E-state index contributed by atoms with van der Waals surface area (Å²) < 4.78 is 0. The molecule has 0 unspecified atom stereocenters. The zero-order valence-electron chi connectivity index (χ0n) is 4.13. The Kier molecular flexibility index (Phi) is 0.741. The first-order valence-corrected chi connectivity index (χ1v) is 2.09. The molecule has 0 N–H and O–H groups in total. The summed E-state index contributed by atoms with van der Waals surface area (Å²) in [6.45, 7) is 7.12. The summed E-state index contributed by atoms with van der Waals surface area (Å²) in [5.74, 6) is 0. The van der Waals surface area contributed by atoms with E-state index in [1.54, 1.807) is 19.4 Å². The SMILES string of the molecule is [CH]C1(C)N=CC=N1. The molecule has 0 aromatic rings. The minimum Gasteiger partial charge on any atom is -0.262 e. The largest absolute Gasteiger partial charge is 0.262 e. The molecule has 0 saturated carbocycles. The number of nitrogens with zero attached hydrogens (tertiary/aromatic N) is 2. The first kappa shape index (κ1) is 4.50. The molecule has 0 bridgehead atoms. The van der Waals surface area contributed by atoms with Gasteiger partial charge >= 0.3 is 0 Å². The Balaban J connectivity index is 2.77. The van der Waals surface area contributed by atoms with E-state index in [-0.39, 0.29) is 0 Å². The lowest BCUT2D eigenvalue weighted by Crippen LogP contribution is -2.08. The van der Waals surface area contributed by atoms with Crippen molar-refractivity contribution in [1.82, 2.24) is 0 Å². The van der Waals surface area contributed by atoms with Crippen molar-refractivity contribution in [3.8, 4) is 0 Å². The molecule has 0 fully saturated rings. The van der Waals surface area contributed by atoms with E-state index in [1.165, 1.54) is 0 Å². The number of hydrogen-bond donors (Lipinski definition) is 0. The van der Waals surface area contributed by atoms with Gasteiger partial charge in [0.25, 0.3) is 0 Å². The van der Waals surface area contributed by atoms with Gasteiger partial charge in [0.15, 0.2) is 5.66 Å². The molecule has 7 heavy (non-hydrogen) atoms. The molecule has 0 amide bonds. The molecule has 2 nitrogen and oxygen atoms in total. The number of rotatable bonds is 0. The molecule has 0 aliphatic carbocycles. The Morgan fingerprint density at radius 1 is 1.43 bits per heavy atom. The van der Waals surface area contributed by atoms with Crippen LogP contribution in [0.15, 0.2) is 9.98 Å². The van der Waals surface area contributed by atoms with Gasteiger partial charge < -0.3 is 0 Å². The van der Waals surface area contributed by atoms with E-state index in [2.05, 4.69) is 9.98 Å². The van der Waals surface area contributed by atoms with Crippen molar-refractivity contribution in [3.63, 3.8) is 0 Å². The molecule has 0 aromatic heterocycles. The van der Waals surface area contributed by atoms with Crippen molar-refractivity contribution in [3.05, 3.63) is 6.92 Å². The van der Waals surface area contributed by atoms with E-state index in [9.17, 15) is 0 Å². The van der Waals surface area contributed by atoms with Crippen LogP contribution < -0.4 is 0 Å². The van der Waals surface area contributed by atoms with Crippen molar-refractivity contribution < 1.29 is 0 Å². The van der Waals surface area contributed by atoms with E-state index in [1.807, 2.05) is 0 Å². The average Bonchev–Trinajstić information content (AvgIpc) is 1.84. The molecule has 2 radical (unpaired) electrons. The van der Waals surface area contributed by atoms with Crippen molar-refractivity contribution in [2.75, 3.05) is 0 Å². The van der Waals surface area contributed by atoms with Gasteiger partial charge in [0.1, 0.15) is 0 Å². The highest BCUT2D eigenvalue weighted by Gasteiger charge is 2.13. The second-order valence-corrected chi connectivity index (χ2v) is 1.65. The Morgan fingerprint density at radius 2 is 1.86 bits per heavy atom. The fourth-order valence-corrected chi connectivity index (χ4v) is 0.402. The molecule has 36 valence electrons. The standard InChI is InChI=1S/C5H6N2/c1-5(2)6-3-4-7-5/h1,3-4H,2H3. The Hall–Kier alpha value is -0.660. The average molecular weight is 94.1 g/mol. The zero-order valence-corrected chi connectivity index (χ0v) is 4.13. The van der Waals surface area contributed by atoms with Gasteiger partial charge in [-0.05, 0) is 6.92 Å². The number of hydrogen-bond acceptors (Lipinski definition) is 2. The molecule has 1 rings (SSSR count). The summed E-state index contributed by atoms with van der Waals surface area (Å²) in [5.41, 5.74) is -0.667. The highest BCUT2D eigenvalue weighted by molar-refractivity contribution is 6.17. The topological polar surface area (TPSA) is 24.7 Å². The van der Waals surface area contributed by atoms with Crippen molar-refractivity contribution in [2.45, 2.75) is 12.6 Å².